The fourth-order valence-corrected chi connectivity index (χ4v) is 2.00. The Morgan fingerprint density at radius 2 is 2.19 bits per heavy atom. The summed E-state index contributed by atoms with van der Waals surface area (Å²) in [6.07, 6.45) is 6.42. The van der Waals surface area contributed by atoms with E-state index in [2.05, 4.69) is 30.5 Å². The largest absolute Gasteiger partial charge is 0.362 e. The lowest BCUT2D eigenvalue weighted by molar-refractivity contribution is 0.898. The quantitative estimate of drug-likeness (QED) is 0.789. The highest BCUT2D eigenvalue weighted by Crippen LogP contribution is 2.24. The molecule has 0 atom stereocenters. The third-order valence-corrected chi connectivity index (χ3v) is 2.76. The molecular formula is C10H12N6. The summed E-state index contributed by atoms with van der Waals surface area (Å²) in [5.74, 6) is 1.74. The molecule has 2 heterocycles. The summed E-state index contributed by atoms with van der Waals surface area (Å²) < 4.78 is 0. The first kappa shape index (κ1) is 9.26. The van der Waals surface area contributed by atoms with Gasteiger partial charge in [-0.15, -0.1) is 0 Å². The van der Waals surface area contributed by atoms with Gasteiger partial charge in [0.2, 0.25) is 0 Å². The van der Waals surface area contributed by atoms with E-state index in [1.165, 1.54) is 24.0 Å². The predicted octanol–water partition coefficient (Wildman–Crippen LogP) is 0.696. The topological polar surface area (TPSA) is 79.4 Å². The molecule has 3 rings (SSSR count). The van der Waals surface area contributed by atoms with Gasteiger partial charge in [0, 0.05) is 11.3 Å². The zero-order valence-corrected chi connectivity index (χ0v) is 8.77. The van der Waals surface area contributed by atoms with E-state index in [1.54, 1.807) is 6.33 Å². The van der Waals surface area contributed by atoms with Gasteiger partial charge < -0.3 is 5.32 Å². The molecule has 2 aromatic heterocycles. The molecule has 6 heteroatoms. The van der Waals surface area contributed by atoms with Crippen molar-refractivity contribution in [3.8, 4) is 0 Å². The first-order chi connectivity index (χ1) is 7.93. The number of aromatic nitrogens is 5. The number of anilines is 1. The molecule has 0 fully saturated rings. The van der Waals surface area contributed by atoms with Gasteiger partial charge in [0.1, 0.15) is 24.3 Å². The van der Waals surface area contributed by atoms with Crippen LogP contribution in [0.3, 0.4) is 0 Å². The van der Waals surface area contributed by atoms with Crippen LogP contribution in [0.1, 0.15) is 23.5 Å². The van der Waals surface area contributed by atoms with Crippen LogP contribution in [-0.4, -0.2) is 25.1 Å². The van der Waals surface area contributed by atoms with Crippen molar-refractivity contribution in [2.45, 2.75) is 25.8 Å². The molecule has 0 aliphatic heterocycles. The SMILES string of the molecule is c1n[nH]c(CNc2ncnc3c2CCC3)n1. The average Bonchev–Trinajstić information content (AvgIpc) is 2.97. The van der Waals surface area contributed by atoms with E-state index in [1.807, 2.05) is 0 Å². The third kappa shape index (κ3) is 1.62. The van der Waals surface area contributed by atoms with Gasteiger partial charge in [-0.1, -0.05) is 0 Å². The molecule has 0 radical (unpaired) electrons. The number of rotatable bonds is 3. The number of H-pyrrole nitrogens is 1. The van der Waals surface area contributed by atoms with Crippen LogP contribution in [0.15, 0.2) is 12.7 Å². The number of nitrogens with zero attached hydrogens (tertiary/aromatic N) is 4. The van der Waals surface area contributed by atoms with Crippen molar-refractivity contribution in [1.82, 2.24) is 25.1 Å². The van der Waals surface area contributed by atoms with E-state index in [-0.39, 0.29) is 0 Å². The minimum atomic E-state index is 0.615. The Balaban J connectivity index is 1.78. The minimum absolute atomic E-state index is 0.615. The molecule has 1 aliphatic rings. The van der Waals surface area contributed by atoms with E-state index in [9.17, 15) is 0 Å². The van der Waals surface area contributed by atoms with Gasteiger partial charge in [-0.3, -0.25) is 5.10 Å². The van der Waals surface area contributed by atoms with Gasteiger partial charge in [-0.2, -0.15) is 5.10 Å². The van der Waals surface area contributed by atoms with Crippen LogP contribution in [0.25, 0.3) is 0 Å². The van der Waals surface area contributed by atoms with Crippen LogP contribution in [0.2, 0.25) is 0 Å². The number of aromatic amines is 1. The highest BCUT2D eigenvalue weighted by atomic mass is 15.2. The van der Waals surface area contributed by atoms with Crippen LogP contribution in [0.4, 0.5) is 5.82 Å². The Hall–Kier alpha value is -1.98. The van der Waals surface area contributed by atoms with Crippen molar-refractivity contribution >= 4 is 5.82 Å². The number of aryl methyl sites for hydroxylation is 1. The van der Waals surface area contributed by atoms with Crippen molar-refractivity contribution < 1.29 is 0 Å². The predicted molar refractivity (Wildman–Crippen MR) is 57.8 cm³/mol. The second-order valence-corrected chi connectivity index (χ2v) is 3.79. The Bertz CT molecular complexity index is 478. The van der Waals surface area contributed by atoms with E-state index in [4.69, 9.17) is 0 Å². The van der Waals surface area contributed by atoms with Crippen molar-refractivity contribution in [2.75, 3.05) is 5.32 Å². The molecule has 16 heavy (non-hydrogen) atoms. The first-order valence-corrected chi connectivity index (χ1v) is 5.34. The van der Waals surface area contributed by atoms with Gasteiger partial charge >= 0.3 is 0 Å². The fraction of sp³-hybridized carbons (Fsp3) is 0.400. The van der Waals surface area contributed by atoms with Gasteiger partial charge in [0.25, 0.3) is 0 Å². The first-order valence-electron chi connectivity index (χ1n) is 5.34. The minimum Gasteiger partial charge on any atom is -0.362 e. The molecule has 0 unspecified atom stereocenters. The Kier molecular flexibility index (Phi) is 2.25. The molecule has 0 bridgehead atoms. The molecule has 0 amide bonds. The summed E-state index contributed by atoms with van der Waals surface area (Å²) in [4.78, 5) is 12.6. The van der Waals surface area contributed by atoms with E-state index >= 15 is 0 Å². The average molecular weight is 216 g/mol. The number of nitrogens with one attached hydrogen (secondary N) is 2. The molecule has 2 aromatic rings. The van der Waals surface area contributed by atoms with Crippen molar-refractivity contribution in [3.63, 3.8) is 0 Å². The maximum atomic E-state index is 4.28. The molecular weight excluding hydrogens is 204 g/mol. The zero-order chi connectivity index (χ0) is 10.8. The maximum Gasteiger partial charge on any atom is 0.143 e. The smallest absolute Gasteiger partial charge is 0.143 e. The molecule has 2 N–H and O–H groups in total. The van der Waals surface area contributed by atoms with Gasteiger partial charge in [-0.05, 0) is 19.3 Å². The number of hydrogen-bond donors (Lipinski definition) is 2. The summed E-state index contributed by atoms with van der Waals surface area (Å²) in [6, 6.07) is 0. The van der Waals surface area contributed by atoms with E-state index < -0.39 is 0 Å². The van der Waals surface area contributed by atoms with Crippen molar-refractivity contribution in [2.24, 2.45) is 0 Å². The Morgan fingerprint density at radius 1 is 1.19 bits per heavy atom. The van der Waals surface area contributed by atoms with Crippen molar-refractivity contribution in [1.29, 1.82) is 0 Å². The van der Waals surface area contributed by atoms with Gasteiger partial charge in [-0.25, -0.2) is 15.0 Å². The van der Waals surface area contributed by atoms with Gasteiger partial charge in [0.15, 0.2) is 0 Å². The number of fused-ring (bicyclic) bond motifs is 1. The summed E-state index contributed by atoms with van der Waals surface area (Å²) in [7, 11) is 0. The Labute approximate surface area is 92.5 Å². The van der Waals surface area contributed by atoms with Crippen LogP contribution in [-0.2, 0) is 19.4 Å². The molecule has 1 aliphatic carbocycles. The summed E-state index contributed by atoms with van der Waals surface area (Å²) >= 11 is 0. The molecule has 6 nitrogen and oxygen atoms in total. The van der Waals surface area contributed by atoms with E-state index in [0.717, 1.165) is 24.5 Å². The van der Waals surface area contributed by atoms with Crippen LogP contribution in [0.5, 0.6) is 0 Å². The third-order valence-electron chi connectivity index (χ3n) is 2.76. The highest BCUT2D eigenvalue weighted by Gasteiger charge is 2.16. The van der Waals surface area contributed by atoms with E-state index in [0.29, 0.717) is 6.54 Å². The molecule has 0 aromatic carbocycles. The van der Waals surface area contributed by atoms with Crippen LogP contribution >= 0.6 is 0 Å². The summed E-state index contributed by atoms with van der Waals surface area (Å²) in [6.45, 7) is 0.615. The molecule has 0 saturated heterocycles. The molecule has 0 saturated carbocycles. The monoisotopic (exact) mass is 216 g/mol. The van der Waals surface area contributed by atoms with Crippen LogP contribution < -0.4 is 5.32 Å². The fourth-order valence-electron chi connectivity index (χ4n) is 2.00. The van der Waals surface area contributed by atoms with Gasteiger partial charge in [0.05, 0.1) is 6.54 Å². The molecule has 0 spiro atoms. The second-order valence-electron chi connectivity index (χ2n) is 3.79. The standard InChI is InChI=1S/C10H12N6/c1-2-7-8(3-1)12-5-14-10(7)11-4-9-13-6-15-16-9/h5-6H,1-4H2,(H,11,12,14)(H,13,15,16). The lowest BCUT2D eigenvalue weighted by Crippen LogP contribution is -2.06. The maximum absolute atomic E-state index is 4.28. The number of hydrogen-bond acceptors (Lipinski definition) is 5. The summed E-state index contributed by atoms with van der Waals surface area (Å²) in [5.41, 5.74) is 2.43. The summed E-state index contributed by atoms with van der Waals surface area (Å²) in [5, 5.41) is 9.87. The molecule has 82 valence electrons. The van der Waals surface area contributed by atoms with Crippen LogP contribution in [0, 0.1) is 0 Å². The normalized spacial score (nSPS) is 13.8. The highest BCUT2D eigenvalue weighted by molar-refractivity contribution is 5.47. The lowest BCUT2D eigenvalue weighted by atomic mass is 10.2. The van der Waals surface area contributed by atoms with Crippen molar-refractivity contribution in [3.05, 3.63) is 29.7 Å². The Morgan fingerprint density at radius 3 is 3.06 bits per heavy atom. The second kappa shape index (κ2) is 3.88. The zero-order valence-electron chi connectivity index (χ0n) is 8.77. The lowest BCUT2D eigenvalue weighted by Gasteiger charge is -2.07.